The van der Waals surface area contributed by atoms with E-state index in [-0.39, 0.29) is 4.75 Å². The Balaban J connectivity index is 2.22. The molecule has 0 spiro atoms. The molecule has 0 amide bonds. The van der Waals surface area contributed by atoms with Gasteiger partial charge in [0.25, 0.3) is 0 Å². The highest BCUT2D eigenvalue weighted by molar-refractivity contribution is 8.15. The molecule has 0 N–H and O–H groups in total. The second kappa shape index (κ2) is 3.18. The Kier molecular flexibility index (Phi) is 2.16. The molecular formula is C11H13NS. The molecule has 0 radical (unpaired) electrons. The molecule has 1 aliphatic heterocycles. The van der Waals surface area contributed by atoms with E-state index < -0.39 is 0 Å². The molecule has 1 aromatic rings. The predicted octanol–water partition coefficient (Wildman–Crippen LogP) is 2.96. The van der Waals surface area contributed by atoms with E-state index in [0.717, 1.165) is 6.54 Å². The van der Waals surface area contributed by atoms with E-state index in [9.17, 15) is 0 Å². The lowest BCUT2D eigenvalue weighted by molar-refractivity contribution is 0.741. The maximum atomic E-state index is 4.54. The van der Waals surface area contributed by atoms with Crippen molar-refractivity contribution in [2.45, 2.75) is 18.6 Å². The van der Waals surface area contributed by atoms with Crippen LogP contribution in [0.25, 0.3) is 0 Å². The molecule has 0 aromatic heterocycles. The van der Waals surface area contributed by atoms with E-state index in [1.54, 1.807) is 0 Å². The molecule has 2 heteroatoms. The number of hydrogen-bond donors (Lipinski definition) is 0. The fraction of sp³-hybridized carbons (Fsp3) is 0.364. The normalized spacial score (nSPS) is 20.0. The Morgan fingerprint density at radius 3 is 2.46 bits per heavy atom. The summed E-state index contributed by atoms with van der Waals surface area (Å²) >= 11 is 1.87. The topological polar surface area (TPSA) is 12.4 Å². The molecule has 2 rings (SSSR count). The minimum absolute atomic E-state index is 0.283. The maximum Gasteiger partial charge on any atom is 0.0983 e. The van der Waals surface area contributed by atoms with Crippen molar-refractivity contribution in [2.24, 2.45) is 4.99 Å². The Bertz CT molecular complexity index is 327. The van der Waals surface area contributed by atoms with Crippen molar-refractivity contribution in [1.29, 1.82) is 0 Å². The first-order chi connectivity index (χ1) is 6.17. The van der Waals surface area contributed by atoms with Gasteiger partial charge in [0.1, 0.15) is 0 Å². The van der Waals surface area contributed by atoms with Gasteiger partial charge in [-0.2, -0.15) is 0 Å². The lowest BCUT2D eigenvalue weighted by Gasteiger charge is -2.13. The predicted molar refractivity (Wildman–Crippen MR) is 59.5 cm³/mol. The first-order valence-corrected chi connectivity index (χ1v) is 5.28. The SMILES string of the molecule is CC1(C)CN=C(c2ccccc2)S1. The molecule has 1 aliphatic rings. The quantitative estimate of drug-likeness (QED) is 0.664. The summed E-state index contributed by atoms with van der Waals surface area (Å²) in [6.07, 6.45) is 0. The number of aliphatic imine (C=N–C) groups is 1. The summed E-state index contributed by atoms with van der Waals surface area (Å²) < 4.78 is 0.283. The summed E-state index contributed by atoms with van der Waals surface area (Å²) in [5.74, 6) is 0. The van der Waals surface area contributed by atoms with E-state index in [4.69, 9.17) is 0 Å². The van der Waals surface area contributed by atoms with E-state index >= 15 is 0 Å². The van der Waals surface area contributed by atoms with Crippen molar-refractivity contribution in [3.8, 4) is 0 Å². The van der Waals surface area contributed by atoms with E-state index in [2.05, 4.69) is 43.1 Å². The van der Waals surface area contributed by atoms with Gasteiger partial charge in [-0.05, 0) is 13.8 Å². The van der Waals surface area contributed by atoms with Crippen LogP contribution in [0.2, 0.25) is 0 Å². The minimum atomic E-state index is 0.283. The van der Waals surface area contributed by atoms with Crippen LogP contribution in [0.4, 0.5) is 0 Å². The Labute approximate surface area is 83.3 Å². The number of rotatable bonds is 1. The van der Waals surface area contributed by atoms with Gasteiger partial charge in [0.2, 0.25) is 0 Å². The molecule has 1 aromatic carbocycles. The van der Waals surface area contributed by atoms with Crippen molar-refractivity contribution < 1.29 is 0 Å². The smallest absolute Gasteiger partial charge is 0.0983 e. The zero-order valence-electron chi connectivity index (χ0n) is 7.95. The molecule has 13 heavy (non-hydrogen) atoms. The average molecular weight is 191 g/mol. The van der Waals surface area contributed by atoms with Crippen LogP contribution >= 0.6 is 11.8 Å². The number of thioether (sulfide) groups is 1. The van der Waals surface area contributed by atoms with Gasteiger partial charge >= 0.3 is 0 Å². The molecule has 0 saturated carbocycles. The largest absolute Gasteiger partial charge is 0.276 e. The van der Waals surface area contributed by atoms with Gasteiger partial charge < -0.3 is 0 Å². The lowest BCUT2D eigenvalue weighted by atomic mass is 10.2. The van der Waals surface area contributed by atoms with Gasteiger partial charge in [-0.3, -0.25) is 4.99 Å². The van der Waals surface area contributed by atoms with Crippen molar-refractivity contribution >= 4 is 16.8 Å². The summed E-state index contributed by atoms with van der Waals surface area (Å²) in [5.41, 5.74) is 1.25. The van der Waals surface area contributed by atoms with E-state index in [1.807, 2.05) is 17.8 Å². The van der Waals surface area contributed by atoms with Gasteiger partial charge in [0, 0.05) is 10.3 Å². The summed E-state index contributed by atoms with van der Waals surface area (Å²) in [6, 6.07) is 10.4. The van der Waals surface area contributed by atoms with Gasteiger partial charge in [-0.15, -0.1) is 0 Å². The van der Waals surface area contributed by atoms with Crippen LogP contribution in [-0.2, 0) is 0 Å². The molecule has 0 fully saturated rings. The number of benzene rings is 1. The first kappa shape index (κ1) is 8.82. The third kappa shape index (κ3) is 1.94. The standard InChI is InChI=1S/C11H13NS/c1-11(2)8-12-10(13-11)9-6-4-3-5-7-9/h3-7H,8H2,1-2H3. The Hall–Kier alpha value is -0.760. The zero-order chi connectivity index (χ0) is 9.31. The molecule has 1 nitrogen and oxygen atoms in total. The van der Waals surface area contributed by atoms with Gasteiger partial charge in [0.15, 0.2) is 0 Å². The van der Waals surface area contributed by atoms with Crippen LogP contribution < -0.4 is 0 Å². The third-order valence-corrected chi connectivity index (χ3v) is 3.24. The second-order valence-electron chi connectivity index (χ2n) is 3.85. The van der Waals surface area contributed by atoms with Crippen LogP contribution in [0.3, 0.4) is 0 Å². The Morgan fingerprint density at radius 1 is 1.23 bits per heavy atom. The minimum Gasteiger partial charge on any atom is -0.276 e. The molecule has 0 atom stereocenters. The van der Waals surface area contributed by atoms with Crippen LogP contribution in [0.15, 0.2) is 35.3 Å². The van der Waals surface area contributed by atoms with E-state index in [1.165, 1.54) is 10.6 Å². The molecule has 68 valence electrons. The maximum absolute atomic E-state index is 4.54. The fourth-order valence-electron chi connectivity index (χ4n) is 1.32. The van der Waals surface area contributed by atoms with Gasteiger partial charge in [-0.25, -0.2) is 0 Å². The van der Waals surface area contributed by atoms with Crippen molar-refractivity contribution in [3.63, 3.8) is 0 Å². The molecule has 0 bridgehead atoms. The highest BCUT2D eigenvalue weighted by atomic mass is 32.2. The first-order valence-electron chi connectivity index (χ1n) is 4.46. The summed E-state index contributed by atoms with van der Waals surface area (Å²) in [6.45, 7) is 5.40. The molecule has 1 heterocycles. The van der Waals surface area contributed by atoms with Gasteiger partial charge in [-0.1, -0.05) is 42.1 Å². The second-order valence-corrected chi connectivity index (χ2v) is 5.55. The van der Waals surface area contributed by atoms with Crippen LogP contribution in [0, 0.1) is 0 Å². The van der Waals surface area contributed by atoms with Crippen LogP contribution in [0.1, 0.15) is 19.4 Å². The third-order valence-electron chi connectivity index (χ3n) is 2.00. The van der Waals surface area contributed by atoms with Crippen LogP contribution in [0.5, 0.6) is 0 Å². The van der Waals surface area contributed by atoms with Crippen molar-refractivity contribution in [3.05, 3.63) is 35.9 Å². The lowest BCUT2D eigenvalue weighted by Crippen LogP contribution is -2.14. The molecular weight excluding hydrogens is 178 g/mol. The van der Waals surface area contributed by atoms with Crippen molar-refractivity contribution in [1.82, 2.24) is 0 Å². The number of nitrogens with zero attached hydrogens (tertiary/aromatic N) is 1. The summed E-state index contributed by atoms with van der Waals surface area (Å²) in [5, 5.41) is 1.19. The van der Waals surface area contributed by atoms with Gasteiger partial charge in [0.05, 0.1) is 11.6 Å². The molecule has 0 aliphatic carbocycles. The zero-order valence-corrected chi connectivity index (χ0v) is 8.77. The average Bonchev–Trinajstić information content (AvgIpc) is 2.48. The summed E-state index contributed by atoms with van der Waals surface area (Å²) in [4.78, 5) is 4.54. The molecule has 0 unspecified atom stereocenters. The highest BCUT2D eigenvalue weighted by Crippen LogP contribution is 2.34. The summed E-state index contributed by atoms with van der Waals surface area (Å²) in [7, 11) is 0. The fourth-order valence-corrected chi connectivity index (χ4v) is 2.35. The number of hydrogen-bond acceptors (Lipinski definition) is 2. The highest BCUT2D eigenvalue weighted by Gasteiger charge is 2.27. The van der Waals surface area contributed by atoms with E-state index in [0.29, 0.717) is 0 Å². The van der Waals surface area contributed by atoms with Crippen LogP contribution in [-0.4, -0.2) is 16.3 Å². The van der Waals surface area contributed by atoms with Crippen molar-refractivity contribution in [2.75, 3.05) is 6.54 Å². The molecule has 0 saturated heterocycles. The monoisotopic (exact) mass is 191 g/mol. The Morgan fingerprint density at radius 2 is 1.92 bits per heavy atom.